The molecule has 4 heteroatoms. The number of hydrogen-bond acceptors (Lipinski definition) is 2. The average Bonchev–Trinajstić information content (AvgIpc) is 3.21. The van der Waals surface area contributed by atoms with Gasteiger partial charge in [0, 0.05) is 11.6 Å². The van der Waals surface area contributed by atoms with Crippen molar-refractivity contribution in [3.05, 3.63) is 59.4 Å². The van der Waals surface area contributed by atoms with Crippen LogP contribution >= 0.6 is 0 Å². The quantitative estimate of drug-likeness (QED) is 0.906. The summed E-state index contributed by atoms with van der Waals surface area (Å²) in [5.74, 6) is -0.474. The highest BCUT2D eigenvalue weighted by atomic mass is 16.4. The molecular weight excluding hydrogens is 252 g/mol. The fourth-order valence-corrected chi connectivity index (χ4v) is 2.24. The first-order valence-corrected chi connectivity index (χ1v) is 6.76. The minimum Gasteiger partial charge on any atom is -0.476 e. The molecule has 0 amide bonds. The van der Waals surface area contributed by atoms with Crippen molar-refractivity contribution >= 4 is 12.0 Å². The van der Waals surface area contributed by atoms with E-state index in [4.69, 9.17) is 5.11 Å². The van der Waals surface area contributed by atoms with E-state index in [1.165, 1.54) is 0 Å². The molecule has 1 aromatic carbocycles. The van der Waals surface area contributed by atoms with Crippen LogP contribution in [0.4, 0.5) is 0 Å². The van der Waals surface area contributed by atoms with Crippen molar-refractivity contribution in [2.75, 3.05) is 0 Å². The molecule has 3 rings (SSSR count). The molecule has 1 N–H and O–H groups in total. The Morgan fingerprint density at radius 3 is 2.75 bits per heavy atom. The number of carboxylic acid groups (broad SMARTS) is 1. The van der Waals surface area contributed by atoms with Crippen LogP contribution in [-0.2, 0) is 6.54 Å². The van der Waals surface area contributed by atoms with Crippen LogP contribution in [0.2, 0.25) is 0 Å². The van der Waals surface area contributed by atoms with Gasteiger partial charge in [-0.05, 0) is 24.5 Å². The molecule has 1 aliphatic rings. The lowest BCUT2D eigenvalue weighted by molar-refractivity contribution is 0.0689. The molecule has 1 heterocycles. The minimum atomic E-state index is -0.960. The lowest BCUT2D eigenvalue weighted by Crippen LogP contribution is -2.04. The predicted octanol–water partition coefficient (Wildman–Crippen LogP) is 3.17. The average molecular weight is 268 g/mol. The molecule has 0 unspecified atom stereocenters. The van der Waals surface area contributed by atoms with Crippen molar-refractivity contribution in [3.8, 4) is 0 Å². The molecule has 4 nitrogen and oxygen atoms in total. The minimum absolute atomic E-state index is 0.139. The predicted molar refractivity (Wildman–Crippen MR) is 76.6 cm³/mol. The van der Waals surface area contributed by atoms with Crippen LogP contribution in [0, 0.1) is 0 Å². The lowest BCUT2D eigenvalue weighted by atomic mass is 10.2. The molecular formula is C16H16N2O2. The van der Waals surface area contributed by atoms with Gasteiger partial charge in [0.1, 0.15) is 0 Å². The normalized spacial score (nSPS) is 14.8. The summed E-state index contributed by atoms with van der Waals surface area (Å²) < 4.78 is 1.81. The summed E-state index contributed by atoms with van der Waals surface area (Å²) in [5.41, 5.74) is 2.31. The van der Waals surface area contributed by atoms with Crippen molar-refractivity contribution in [3.63, 3.8) is 0 Å². The van der Waals surface area contributed by atoms with Gasteiger partial charge in [0.05, 0.1) is 6.54 Å². The van der Waals surface area contributed by atoms with Crippen molar-refractivity contribution in [1.82, 2.24) is 9.78 Å². The summed E-state index contributed by atoms with van der Waals surface area (Å²) in [6, 6.07) is 11.7. The Balaban J connectivity index is 1.76. The number of carboxylic acids is 1. The molecule has 20 heavy (non-hydrogen) atoms. The van der Waals surface area contributed by atoms with E-state index in [9.17, 15) is 4.79 Å². The third-order valence-corrected chi connectivity index (χ3v) is 3.41. The second-order valence-corrected chi connectivity index (χ2v) is 5.03. The first-order valence-electron chi connectivity index (χ1n) is 6.76. The number of hydrogen-bond donors (Lipinski definition) is 1. The van der Waals surface area contributed by atoms with Gasteiger partial charge < -0.3 is 5.11 Å². The number of nitrogens with zero attached hydrogens (tertiary/aromatic N) is 2. The molecule has 0 radical (unpaired) electrons. The SMILES string of the molecule is O=C(O)c1cc(C2CC2)n(C/C=C/c2ccccc2)n1. The van der Waals surface area contributed by atoms with Gasteiger partial charge in [0.2, 0.25) is 0 Å². The summed E-state index contributed by atoms with van der Waals surface area (Å²) in [5, 5.41) is 13.2. The molecule has 1 saturated carbocycles. The number of carbonyl (C=O) groups is 1. The molecule has 1 aromatic heterocycles. The Morgan fingerprint density at radius 2 is 2.10 bits per heavy atom. The van der Waals surface area contributed by atoms with E-state index in [0.717, 1.165) is 24.1 Å². The van der Waals surface area contributed by atoms with E-state index in [2.05, 4.69) is 5.10 Å². The molecule has 0 saturated heterocycles. The molecule has 0 aliphatic heterocycles. The summed E-state index contributed by atoms with van der Waals surface area (Å²) in [7, 11) is 0. The molecule has 0 atom stereocenters. The standard InChI is InChI=1S/C16H16N2O2/c19-16(20)14-11-15(13-8-9-13)18(17-14)10-4-7-12-5-2-1-3-6-12/h1-7,11,13H,8-10H2,(H,19,20)/b7-4+. The van der Waals surface area contributed by atoms with Crippen LogP contribution in [0.1, 0.15) is 40.5 Å². The van der Waals surface area contributed by atoms with Gasteiger partial charge in [-0.15, -0.1) is 0 Å². The molecule has 1 aliphatic carbocycles. The smallest absolute Gasteiger partial charge is 0.356 e. The third-order valence-electron chi connectivity index (χ3n) is 3.41. The first kappa shape index (κ1) is 12.7. The monoisotopic (exact) mass is 268 g/mol. The fraction of sp³-hybridized carbons (Fsp3) is 0.250. The second-order valence-electron chi connectivity index (χ2n) is 5.03. The fourth-order valence-electron chi connectivity index (χ4n) is 2.24. The largest absolute Gasteiger partial charge is 0.476 e. The van der Waals surface area contributed by atoms with Crippen LogP contribution in [-0.4, -0.2) is 20.9 Å². The van der Waals surface area contributed by atoms with Crippen LogP contribution < -0.4 is 0 Å². The maximum atomic E-state index is 11.0. The van der Waals surface area contributed by atoms with E-state index in [0.29, 0.717) is 12.5 Å². The molecule has 2 aromatic rings. The van der Waals surface area contributed by atoms with Crippen LogP contribution in [0.15, 0.2) is 42.5 Å². The maximum Gasteiger partial charge on any atom is 0.356 e. The first-order chi connectivity index (χ1) is 9.74. The van der Waals surface area contributed by atoms with Crippen LogP contribution in [0.3, 0.4) is 0 Å². The summed E-state index contributed by atoms with van der Waals surface area (Å²) >= 11 is 0. The van der Waals surface area contributed by atoms with Crippen molar-refractivity contribution < 1.29 is 9.90 Å². The highest BCUT2D eigenvalue weighted by molar-refractivity contribution is 5.85. The Labute approximate surface area is 117 Å². The Kier molecular flexibility index (Phi) is 3.37. The maximum absolute atomic E-state index is 11.0. The van der Waals surface area contributed by atoms with Gasteiger partial charge in [0.25, 0.3) is 0 Å². The van der Waals surface area contributed by atoms with Crippen LogP contribution in [0.5, 0.6) is 0 Å². The van der Waals surface area contributed by atoms with E-state index in [1.54, 1.807) is 10.7 Å². The number of rotatable bonds is 5. The zero-order valence-corrected chi connectivity index (χ0v) is 11.1. The van der Waals surface area contributed by atoms with Crippen molar-refractivity contribution in [1.29, 1.82) is 0 Å². The van der Waals surface area contributed by atoms with Crippen molar-refractivity contribution in [2.24, 2.45) is 0 Å². The third kappa shape index (κ3) is 2.79. The molecule has 0 bridgehead atoms. The summed E-state index contributed by atoms with van der Waals surface area (Å²) in [6.07, 6.45) is 6.30. The second kappa shape index (κ2) is 5.33. The number of allylic oxidation sites excluding steroid dienone is 1. The molecule has 0 spiro atoms. The van der Waals surface area contributed by atoms with Gasteiger partial charge in [-0.1, -0.05) is 42.5 Å². The number of aromatic carboxylic acids is 1. The highest BCUT2D eigenvalue weighted by Gasteiger charge is 2.28. The zero-order valence-electron chi connectivity index (χ0n) is 11.1. The Bertz CT molecular complexity index is 640. The summed E-state index contributed by atoms with van der Waals surface area (Å²) in [4.78, 5) is 11.0. The van der Waals surface area contributed by atoms with Gasteiger partial charge >= 0.3 is 5.97 Å². The van der Waals surface area contributed by atoms with Gasteiger partial charge in [-0.3, -0.25) is 4.68 Å². The Hall–Kier alpha value is -2.36. The van der Waals surface area contributed by atoms with Crippen LogP contribution in [0.25, 0.3) is 6.08 Å². The molecule has 1 fully saturated rings. The zero-order chi connectivity index (χ0) is 13.9. The van der Waals surface area contributed by atoms with Gasteiger partial charge in [-0.2, -0.15) is 5.10 Å². The Morgan fingerprint density at radius 1 is 1.35 bits per heavy atom. The summed E-state index contributed by atoms with van der Waals surface area (Å²) in [6.45, 7) is 0.605. The number of aromatic nitrogens is 2. The van der Waals surface area contributed by atoms with E-state index in [1.807, 2.05) is 42.5 Å². The topological polar surface area (TPSA) is 55.1 Å². The van der Waals surface area contributed by atoms with Crippen molar-refractivity contribution in [2.45, 2.75) is 25.3 Å². The van der Waals surface area contributed by atoms with Gasteiger partial charge in [0.15, 0.2) is 5.69 Å². The lowest BCUT2D eigenvalue weighted by Gasteiger charge is -2.02. The number of benzene rings is 1. The van der Waals surface area contributed by atoms with E-state index in [-0.39, 0.29) is 5.69 Å². The highest BCUT2D eigenvalue weighted by Crippen LogP contribution is 2.40. The van der Waals surface area contributed by atoms with Gasteiger partial charge in [-0.25, -0.2) is 4.79 Å². The van der Waals surface area contributed by atoms with E-state index < -0.39 is 5.97 Å². The van der Waals surface area contributed by atoms with E-state index >= 15 is 0 Å². The molecule has 102 valence electrons.